The summed E-state index contributed by atoms with van der Waals surface area (Å²) < 4.78 is 0. The topological polar surface area (TPSA) is 192 Å². The molecule has 1 aliphatic heterocycles. The van der Waals surface area contributed by atoms with E-state index < -0.39 is 35.8 Å². The molecule has 0 aliphatic carbocycles. The third kappa shape index (κ3) is 9.99. The van der Waals surface area contributed by atoms with E-state index in [1.54, 1.807) is 31.3 Å². The highest BCUT2D eigenvalue weighted by Crippen LogP contribution is 2.30. The fourth-order valence-corrected chi connectivity index (χ4v) is 4.19. The molecule has 0 fully saturated rings. The fourth-order valence-electron chi connectivity index (χ4n) is 4.19. The Kier molecular flexibility index (Phi) is 16.6. The van der Waals surface area contributed by atoms with E-state index in [-0.39, 0.29) is 68.0 Å². The van der Waals surface area contributed by atoms with Gasteiger partial charge in [-0.05, 0) is 73.0 Å². The zero-order chi connectivity index (χ0) is 26.9. The van der Waals surface area contributed by atoms with Gasteiger partial charge in [0.25, 0.3) is 0 Å². The molecular formula is C26H39Cl3N6O5. The number of likely N-dealkylation sites (N-methyl/N-ethyl adjacent to an activating group) is 1. The minimum atomic E-state index is -1.03. The first-order valence-corrected chi connectivity index (χ1v) is 12.4. The number of phenols is 2. The number of hydrogen-bond acceptors (Lipinski definition) is 8. The van der Waals surface area contributed by atoms with Gasteiger partial charge in [0.1, 0.15) is 23.6 Å². The molecule has 2 aromatic rings. The largest absolute Gasteiger partial charge is 0.508 e. The summed E-state index contributed by atoms with van der Waals surface area (Å²) in [5.74, 6) is -1.58. The number of carbonyl (C=O) groups is 3. The van der Waals surface area contributed by atoms with Crippen LogP contribution in [0.4, 0.5) is 0 Å². The van der Waals surface area contributed by atoms with Crippen LogP contribution in [0.25, 0.3) is 11.1 Å². The Labute approximate surface area is 252 Å². The number of nitrogens with one attached hydrogen (secondary N) is 4. The van der Waals surface area contributed by atoms with Crippen molar-refractivity contribution >= 4 is 54.9 Å². The van der Waals surface area contributed by atoms with E-state index in [2.05, 4.69) is 21.3 Å². The van der Waals surface area contributed by atoms with Crippen molar-refractivity contribution in [2.24, 2.45) is 11.5 Å². The van der Waals surface area contributed by atoms with Crippen LogP contribution in [0, 0.1) is 0 Å². The van der Waals surface area contributed by atoms with Crippen LogP contribution >= 0.6 is 37.2 Å². The van der Waals surface area contributed by atoms with Crippen LogP contribution in [0.5, 0.6) is 11.5 Å². The van der Waals surface area contributed by atoms with Gasteiger partial charge in [0, 0.05) is 25.9 Å². The molecule has 3 amide bonds. The summed E-state index contributed by atoms with van der Waals surface area (Å²) in [5.41, 5.74) is 14.2. The lowest BCUT2D eigenvalue weighted by Gasteiger charge is -2.24. The number of fused-ring (bicyclic) bond motifs is 5. The van der Waals surface area contributed by atoms with Gasteiger partial charge in [-0.15, -0.1) is 37.2 Å². The Bertz CT molecular complexity index is 1140. The third-order valence-corrected chi connectivity index (χ3v) is 6.33. The molecule has 0 radical (unpaired) electrons. The quantitative estimate of drug-likeness (QED) is 0.205. The van der Waals surface area contributed by atoms with Crippen LogP contribution in [0.15, 0.2) is 36.4 Å². The first kappa shape index (κ1) is 37.2. The Morgan fingerprint density at radius 2 is 1.50 bits per heavy atom. The van der Waals surface area contributed by atoms with Gasteiger partial charge in [-0.1, -0.05) is 12.1 Å². The van der Waals surface area contributed by atoms with Crippen LogP contribution in [0.3, 0.4) is 0 Å². The molecule has 0 saturated carbocycles. The molecule has 10 N–H and O–H groups in total. The van der Waals surface area contributed by atoms with Gasteiger partial charge in [0.05, 0.1) is 6.04 Å². The van der Waals surface area contributed by atoms with Gasteiger partial charge in [0.2, 0.25) is 17.7 Å². The molecule has 1 heterocycles. The van der Waals surface area contributed by atoms with Gasteiger partial charge >= 0.3 is 0 Å². The van der Waals surface area contributed by atoms with E-state index in [1.165, 1.54) is 12.1 Å². The maximum atomic E-state index is 13.3. The number of benzene rings is 2. The molecule has 0 spiro atoms. The summed E-state index contributed by atoms with van der Waals surface area (Å²) in [6, 6.07) is 6.91. The first-order chi connectivity index (χ1) is 17.7. The van der Waals surface area contributed by atoms with Gasteiger partial charge in [-0.3, -0.25) is 14.4 Å². The third-order valence-electron chi connectivity index (χ3n) is 6.33. The summed E-state index contributed by atoms with van der Waals surface area (Å²) in [6.07, 6.45) is 0.756. The van der Waals surface area contributed by atoms with Gasteiger partial charge < -0.3 is 42.9 Å². The van der Waals surface area contributed by atoms with Crippen molar-refractivity contribution in [2.45, 2.75) is 43.8 Å². The minimum Gasteiger partial charge on any atom is -0.508 e. The SMILES string of the molecule is CNCCNC(=O)[C@@H]1Cc2cc(ccc2O)-c2ccc(O)c(c2)C[C@H](N)C(=O)N[C@@H](CCCN)C(=O)N1.Cl.Cl.Cl. The van der Waals surface area contributed by atoms with Crippen molar-refractivity contribution in [2.75, 3.05) is 26.7 Å². The monoisotopic (exact) mass is 620 g/mol. The second kappa shape index (κ2) is 17.8. The number of phenolic OH excluding ortho intramolecular Hbond substituents is 2. The average molecular weight is 622 g/mol. The number of carbonyl (C=O) groups excluding carboxylic acids is 3. The second-order valence-electron chi connectivity index (χ2n) is 9.15. The minimum absolute atomic E-state index is 0. The van der Waals surface area contributed by atoms with Crippen LogP contribution in [-0.4, -0.2) is 72.7 Å². The van der Waals surface area contributed by atoms with E-state index in [1.807, 2.05) is 0 Å². The molecule has 2 aromatic carbocycles. The average Bonchev–Trinajstić information content (AvgIpc) is 2.88. The zero-order valence-electron chi connectivity index (χ0n) is 22.1. The summed E-state index contributed by atoms with van der Waals surface area (Å²) in [5, 5.41) is 32.1. The Morgan fingerprint density at radius 1 is 0.925 bits per heavy atom. The highest BCUT2D eigenvalue weighted by molar-refractivity contribution is 5.93. The zero-order valence-corrected chi connectivity index (χ0v) is 24.6. The van der Waals surface area contributed by atoms with Crippen molar-refractivity contribution < 1.29 is 24.6 Å². The van der Waals surface area contributed by atoms with Gasteiger partial charge in [-0.25, -0.2) is 0 Å². The fraction of sp³-hybridized carbons (Fsp3) is 0.423. The molecule has 4 bridgehead atoms. The van der Waals surface area contributed by atoms with Crippen molar-refractivity contribution in [1.82, 2.24) is 21.3 Å². The van der Waals surface area contributed by atoms with Gasteiger partial charge in [-0.2, -0.15) is 0 Å². The van der Waals surface area contributed by atoms with E-state index >= 15 is 0 Å². The van der Waals surface area contributed by atoms with Crippen molar-refractivity contribution in [3.8, 4) is 22.6 Å². The van der Waals surface area contributed by atoms with Crippen LogP contribution < -0.4 is 32.7 Å². The Balaban J connectivity index is 0.00000507. The molecule has 3 rings (SSSR count). The standard InChI is InChI=1S/C26H36N6O5.3ClH/c1-29-9-10-30-25(36)21-14-18-12-16(5-7-23(18)34)15-4-6-22(33)17(11-15)13-19(28)24(35)31-20(3-2-8-27)26(37)32-21;;;/h4-7,11-12,19-21,29,33-34H,2-3,8-10,13-14,27-28H2,1H3,(H,30,36)(H,31,35)(H,32,37);3*1H/t19-,20-,21-;;;/m0.../s1. The van der Waals surface area contributed by atoms with Crippen molar-refractivity contribution in [3.05, 3.63) is 47.5 Å². The molecule has 14 heteroatoms. The normalized spacial score (nSPS) is 18.7. The van der Waals surface area contributed by atoms with Crippen LogP contribution in [0.2, 0.25) is 0 Å². The highest BCUT2D eigenvalue weighted by atomic mass is 35.5. The Hall–Kier alpha value is -2.80. The van der Waals surface area contributed by atoms with E-state index in [9.17, 15) is 24.6 Å². The molecule has 224 valence electrons. The maximum absolute atomic E-state index is 13.3. The molecule has 0 saturated heterocycles. The molecule has 0 unspecified atom stereocenters. The lowest BCUT2D eigenvalue weighted by Crippen LogP contribution is -2.56. The number of nitrogens with two attached hydrogens (primary N) is 2. The molecule has 1 aliphatic rings. The van der Waals surface area contributed by atoms with Crippen molar-refractivity contribution in [1.29, 1.82) is 0 Å². The number of rotatable bonds is 7. The molecular weight excluding hydrogens is 583 g/mol. The number of halogens is 3. The van der Waals surface area contributed by atoms with Crippen LogP contribution in [0.1, 0.15) is 24.0 Å². The summed E-state index contributed by atoms with van der Waals surface area (Å²) in [7, 11) is 1.76. The van der Waals surface area contributed by atoms with E-state index in [4.69, 9.17) is 11.5 Å². The summed E-state index contributed by atoms with van der Waals surface area (Å²) >= 11 is 0. The first-order valence-electron chi connectivity index (χ1n) is 12.4. The van der Waals surface area contributed by atoms with E-state index in [0.29, 0.717) is 37.2 Å². The summed E-state index contributed by atoms with van der Waals surface area (Å²) in [4.78, 5) is 39.2. The smallest absolute Gasteiger partial charge is 0.243 e. The molecule has 40 heavy (non-hydrogen) atoms. The predicted octanol–water partition coefficient (Wildman–Crippen LogP) is 0.500. The molecule has 3 atom stereocenters. The molecule has 0 aromatic heterocycles. The lowest BCUT2D eigenvalue weighted by atomic mass is 9.95. The maximum Gasteiger partial charge on any atom is 0.243 e. The number of aromatic hydroxyl groups is 2. The number of hydrogen-bond donors (Lipinski definition) is 8. The number of amides is 3. The second-order valence-corrected chi connectivity index (χ2v) is 9.15. The van der Waals surface area contributed by atoms with Gasteiger partial charge in [0.15, 0.2) is 0 Å². The predicted molar refractivity (Wildman–Crippen MR) is 161 cm³/mol. The van der Waals surface area contributed by atoms with Crippen LogP contribution in [-0.2, 0) is 27.2 Å². The Morgan fingerprint density at radius 3 is 2.05 bits per heavy atom. The molecule has 11 nitrogen and oxygen atoms in total. The highest BCUT2D eigenvalue weighted by Gasteiger charge is 2.29. The van der Waals surface area contributed by atoms with Crippen molar-refractivity contribution in [3.63, 3.8) is 0 Å². The summed E-state index contributed by atoms with van der Waals surface area (Å²) in [6.45, 7) is 1.18. The van der Waals surface area contributed by atoms with E-state index in [0.717, 1.165) is 11.1 Å². The lowest BCUT2D eigenvalue weighted by molar-refractivity contribution is -0.132.